The maximum atomic E-state index is 5.19. The number of methoxy groups -OCH3 is 2. The molecule has 1 unspecified atom stereocenters. The highest BCUT2D eigenvalue weighted by molar-refractivity contribution is 5.51. The number of benzene rings is 1. The lowest BCUT2D eigenvalue weighted by Gasteiger charge is -2.12. The average molecular weight is 325 g/mol. The summed E-state index contributed by atoms with van der Waals surface area (Å²) in [5.41, 5.74) is 2.57. The van der Waals surface area contributed by atoms with Crippen molar-refractivity contribution in [1.82, 2.24) is 25.2 Å². The summed E-state index contributed by atoms with van der Waals surface area (Å²) in [6.45, 7) is 2.87. The van der Waals surface area contributed by atoms with Gasteiger partial charge in [-0.3, -0.25) is 4.68 Å². The normalized spacial score (nSPS) is 12.0. The molecule has 1 aromatic carbocycles. The van der Waals surface area contributed by atoms with E-state index in [0.717, 1.165) is 12.3 Å². The molecule has 0 radical (unpaired) electrons. The van der Waals surface area contributed by atoms with Crippen LogP contribution in [0.25, 0.3) is 11.4 Å². The van der Waals surface area contributed by atoms with Crippen LogP contribution in [0, 0.1) is 0 Å². The van der Waals surface area contributed by atoms with Crippen molar-refractivity contribution < 1.29 is 9.47 Å². The molecule has 0 saturated heterocycles. The summed E-state index contributed by atoms with van der Waals surface area (Å²) in [4.78, 5) is 0. The Morgan fingerprint density at radius 1 is 0.917 bits per heavy atom. The van der Waals surface area contributed by atoms with Gasteiger partial charge in [0.05, 0.1) is 20.4 Å². The molecule has 1 atom stereocenters. The van der Waals surface area contributed by atoms with Gasteiger partial charge < -0.3 is 9.47 Å². The van der Waals surface area contributed by atoms with Crippen LogP contribution in [0.3, 0.4) is 0 Å². The third-order valence-electron chi connectivity index (χ3n) is 3.80. The van der Waals surface area contributed by atoms with E-state index in [0.29, 0.717) is 23.2 Å². The minimum Gasteiger partial charge on any atom is -0.497 e. The van der Waals surface area contributed by atoms with E-state index in [9.17, 15) is 0 Å². The minimum atomic E-state index is 0.299. The number of hydrogen-bond acceptors (Lipinski definition) is 6. The van der Waals surface area contributed by atoms with Gasteiger partial charge in [-0.25, -0.2) is 0 Å². The van der Waals surface area contributed by atoms with Crippen molar-refractivity contribution in [2.24, 2.45) is 0 Å². The van der Waals surface area contributed by atoms with Crippen LogP contribution in [-0.2, 0) is 6.54 Å². The second-order valence-electron chi connectivity index (χ2n) is 5.46. The topological polar surface area (TPSA) is 75.0 Å². The Labute approximate surface area is 140 Å². The third-order valence-corrected chi connectivity index (χ3v) is 3.80. The van der Waals surface area contributed by atoms with Gasteiger partial charge in [-0.15, -0.1) is 15.3 Å². The number of ether oxygens (including phenoxy) is 2. The summed E-state index contributed by atoms with van der Waals surface area (Å²) in [6.07, 6.45) is 1.87. The molecule has 0 saturated carbocycles. The first-order valence-electron chi connectivity index (χ1n) is 7.61. The molecule has 2 aromatic heterocycles. The molecule has 0 aliphatic heterocycles. The molecule has 0 aliphatic rings. The summed E-state index contributed by atoms with van der Waals surface area (Å²) in [5.74, 6) is 1.62. The van der Waals surface area contributed by atoms with Gasteiger partial charge in [0.1, 0.15) is 17.1 Å². The van der Waals surface area contributed by atoms with E-state index in [1.54, 1.807) is 20.3 Å². The summed E-state index contributed by atoms with van der Waals surface area (Å²) >= 11 is 0. The van der Waals surface area contributed by atoms with E-state index in [1.807, 2.05) is 29.1 Å². The monoisotopic (exact) mass is 325 g/mol. The van der Waals surface area contributed by atoms with Crippen molar-refractivity contribution in [3.63, 3.8) is 0 Å². The number of hydrogen-bond donors (Lipinski definition) is 0. The maximum absolute atomic E-state index is 5.19. The fraction of sp³-hybridized carbons (Fsp3) is 0.294. The predicted octanol–water partition coefficient (Wildman–Crippen LogP) is 2.56. The lowest BCUT2D eigenvalue weighted by molar-refractivity contribution is 0.392. The van der Waals surface area contributed by atoms with Crippen LogP contribution in [0.2, 0.25) is 0 Å². The summed E-state index contributed by atoms with van der Waals surface area (Å²) < 4.78 is 12.0. The van der Waals surface area contributed by atoms with Gasteiger partial charge in [0.25, 0.3) is 0 Å². The van der Waals surface area contributed by atoms with Crippen LogP contribution in [0.5, 0.6) is 11.6 Å². The second kappa shape index (κ2) is 7.08. The Morgan fingerprint density at radius 2 is 1.71 bits per heavy atom. The van der Waals surface area contributed by atoms with Gasteiger partial charge in [0.2, 0.25) is 5.88 Å². The van der Waals surface area contributed by atoms with Crippen molar-refractivity contribution >= 4 is 0 Å². The van der Waals surface area contributed by atoms with Gasteiger partial charge in [0.15, 0.2) is 0 Å². The first-order chi connectivity index (χ1) is 11.7. The smallest absolute Gasteiger partial charge is 0.233 e. The van der Waals surface area contributed by atoms with Gasteiger partial charge in [0, 0.05) is 18.5 Å². The SMILES string of the molecule is COc1ccc(C(C)Cn2cc(-c3ccc(OC)nn3)nn2)cc1. The van der Waals surface area contributed by atoms with E-state index >= 15 is 0 Å². The highest BCUT2D eigenvalue weighted by Gasteiger charge is 2.11. The molecule has 0 N–H and O–H groups in total. The largest absolute Gasteiger partial charge is 0.497 e. The van der Waals surface area contributed by atoms with Crippen molar-refractivity contribution in [1.29, 1.82) is 0 Å². The van der Waals surface area contributed by atoms with Crippen molar-refractivity contribution in [2.45, 2.75) is 19.4 Å². The molecular weight excluding hydrogens is 306 g/mol. The first-order valence-corrected chi connectivity index (χ1v) is 7.61. The summed E-state index contributed by atoms with van der Waals surface area (Å²) in [5, 5.41) is 16.4. The van der Waals surface area contributed by atoms with Gasteiger partial charge >= 0.3 is 0 Å². The Balaban J connectivity index is 1.70. The lowest BCUT2D eigenvalue weighted by atomic mass is 10.0. The molecular formula is C17H19N5O2. The standard InChI is InChI=1S/C17H19N5O2/c1-12(13-4-6-14(23-2)7-5-13)10-22-11-16(19-21-22)15-8-9-17(24-3)20-18-15/h4-9,11-12H,10H2,1-3H3. The van der Waals surface area contributed by atoms with Crippen molar-refractivity contribution in [2.75, 3.05) is 14.2 Å². The lowest BCUT2D eigenvalue weighted by Crippen LogP contribution is -2.07. The van der Waals surface area contributed by atoms with Crippen LogP contribution in [0.15, 0.2) is 42.6 Å². The zero-order valence-corrected chi connectivity index (χ0v) is 13.9. The predicted molar refractivity (Wildman–Crippen MR) is 89.0 cm³/mol. The van der Waals surface area contributed by atoms with Crippen LogP contribution in [0.4, 0.5) is 0 Å². The molecule has 2 heterocycles. The molecule has 7 nitrogen and oxygen atoms in total. The van der Waals surface area contributed by atoms with Gasteiger partial charge in [-0.1, -0.05) is 24.3 Å². The minimum absolute atomic E-state index is 0.299. The first kappa shape index (κ1) is 15.9. The van der Waals surface area contributed by atoms with Crippen LogP contribution >= 0.6 is 0 Å². The summed E-state index contributed by atoms with van der Waals surface area (Å²) in [7, 11) is 3.22. The molecule has 124 valence electrons. The Kier molecular flexibility index (Phi) is 4.69. The van der Waals surface area contributed by atoms with Crippen LogP contribution < -0.4 is 9.47 Å². The van der Waals surface area contributed by atoms with E-state index < -0.39 is 0 Å². The Hall–Kier alpha value is -2.96. The highest BCUT2D eigenvalue weighted by atomic mass is 16.5. The molecule has 0 spiro atoms. The number of nitrogens with zero attached hydrogens (tertiary/aromatic N) is 5. The molecule has 0 aliphatic carbocycles. The van der Waals surface area contributed by atoms with E-state index in [-0.39, 0.29) is 0 Å². The maximum Gasteiger partial charge on any atom is 0.233 e. The fourth-order valence-corrected chi connectivity index (χ4v) is 2.39. The summed E-state index contributed by atoms with van der Waals surface area (Å²) in [6, 6.07) is 11.6. The Bertz CT molecular complexity index is 784. The van der Waals surface area contributed by atoms with E-state index in [4.69, 9.17) is 9.47 Å². The van der Waals surface area contributed by atoms with Gasteiger partial charge in [-0.05, 0) is 23.8 Å². The molecule has 0 bridgehead atoms. The Morgan fingerprint density at radius 3 is 2.33 bits per heavy atom. The van der Waals surface area contributed by atoms with Gasteiger partial charge in [-0.2, -0.15) is 0 Å². The molecule has 0 fully saturated rings. The molecule has 0 amide bonds. The number of rotatable bonds is 6. The molecule has 3 rings (SSSR count). The van der Waals surface area contributed by atoms with Crippen molar-refractivity contribution in [3.05, 3.63) is 48.2 Å². The van der Waals surface area contributed by atoms with Crippen LogP contribution in [0.1, 0.15) is 18.4 Å². The molecule has 7 heteroatoms. The van der Waals surface area contributed by atoms with Crippen LogP contribution in [-0.4, -0.2) is 39.4 Å². The highest BCUT2D eigenvalue weighted by Crippen LogP contribution is 2.21. The average Bonchev–Trinajstić information content (AvgIpc) is 3.10. The van der Waals surface area contributed by atoms with E-state index in [2.05, 4.69) is 39.6 Å². The van der Waals surface area contributed by atoms with E-state index in [1.165, 1.54) is 5.56 Å². The quantitative estimate of drug-likeness (QED) is 0.693. The third kappa shape index (κ3) is 3.51. The van der Waals surface area contributed by atoms with Crippen molar-refractivity contribution in [3.8, 4) is 23.0 Å². The zero-order valence-electron chi connectivity index (χ0n) is 13.9. The second-order valence-corrected chi connectivity index (χ2v) is 5.46. The fourth-order valence-electron chi connectivity index (χ4n) is 2.39. The number of aromatic nitrogens is 5. The zero-order chi connectivity index (χ0) is 16.9. The molecule has 3 aromatic rings. The molecule has 24 heavy (non-hydrogen) atoms.